The van der Waals surface area contributed by atoms with E-state index in [4.69, 9.17) is 0 Å². The zero-order valence-electron chi connectivity index (χ0n) is 10.7. The minimum absolute atomic E-state index is 0.188. The largest absolute Gasteiger partial charge is 0.468 e. The molecule has 0 radical (unpaired) electrons. The Balaban J connectivity index is 1.82. The molecule has 1 atom stereocenters. The van der Waals surface area contributed by atoms with Crippen molar-refractivity contribution in [3.63, 3.8) is 0 Å². The van der Waals surface area contributed by atoms with Crippen LogP contribution in [-0.2, 0) is 9.53 Å². The number of ether oxygens (including phenoxy) is 1. The van der Waals surface area contributed by atoms with Crippen molar-refractivity contribution in [1.82, 2.24) is 5.32 Å². The second-order valence-electron chi connectivity index (χ2n) is 4.83. The summed E-state index contributed by atoms with van der Waals surface area (Å²) < 4.78 is 17.7. The van der Waals surface area contributed by atoms with Crippen molar-refractivity contribution in [3.05, 3.63) is 35.6 Å². The fourth-order valence-electron chi connectivity index (χ4n) is 2.38. The molecule has 0 aromatic heterocycles. The number of benzene rings is 1. The zero-order chi connectivity index (χ0) is 13.1. The molecule has 1 aliphatic rings. The predicted octanol–water partition coefficient (Wildman–Crippen LogP) is 2.22. The molecule has 1 aliphatic carbocycles. The summed E-state index contributed by atoms with van der Waals surface area (Å²) in [6.45, 7) is 1.79. The second kappa shape index (κ2) is 5.48. The average molecular weight is 251 g/mol. The van der Waals surface area contributed by atoms with Crippen LogP contribution in [0, 0.1) is 5.82 Å². The highest BCUT2D eigenvalue weighted by Crippen LogP contribution is 2.37. The van der Waals surface area contributed by atoms with E-state index in [1.54, 1.807) is 19.1 Å². The minimum Gasteiger partial charge on any atom is -0.468 e. The topological polar surface area (TPSA) is 38.3 Å². The maximum Gasteiger partial charge on any atom is 0.322 e. The Morgan fingerprint density at radius 3 is 2.83 bits per heavy atom. The molecule has 1 aromatic rings. The molecule has 1 unspecified atom stereocenters. The molecule has 0 saturated heterocycles. The summed E-state index contributed by atoms with van der Waals surface area (Å²) in [5, 5.41) is 3.21. The lowest BCUT2D eigenvalue weighted by Gasteiger charge is -2.37. The van der Waals surface area contributed by atoms with Crippen LogP contribution in [0.2, 0.25) is 0 Å². The average Bonchev–Trinajstić information content (AvgIpc) is 2.31. The SMILES string of the molecule is COC(=O)C(C)NC1CC(c2cccc(F)c2)C1. The number of nitrogens with one attached hydrogen (secondary N) is 1. The fourth-order valence-corrected chi connectivity index (χ4v) is 2.38. The van der Waals surface area contributed by atoms with Crippen LogP contribution in [0.15, 0.2) is 24.3 Å². The van der Waals surface area contributed by atoms with Crippen molar-refractivity contribution in [2.24, 2.45) is 0 Å². The molecule has 0 spiro atoms. The quantitative estimate of drug-likeness (QED) is 0.834. The van der Waals surface area contributed by atoms with Gasteiger partial charge in [-0.05, 0) is 43.4 Å². The molecule has 1 fully saturated rings. The summed E-state index contributed by atoms with van der Waals surface area (Å²) >= 11 is 0. The second-order valence-corrected chi connectivity index (χ2v) is 4.83. The van der Waals surface area contributed by atoms with Crippen molar-refractivity contribution in [2.45, 2.75) is 37.8 Å². The molecule has 0 aliphatic heterocycles. The number of rotatable bonds is 4. The number of carbonyl (C=O) groups excluding carboxylic acids is 1. The van der Waals surface area contributed by atoms with E-state index in [1.807, 2.05) is 6.07 Å². The van der Waals surface area contributed by atoms with Crippen LogP contribution in [0.4, 0.5) is 4.39 Å². The highest BCUT2D eigenvalue weighted by molar-refractivity contribution is 5.75. The van der Waals surface area contributed by atoms with E-state index >= 15 is 0 Å². The Kier molecular flexibility index (Phi) is 3.97. The van der Waals surface area contributed by atoms with Gasteiger partial charge in [0.2, 0.25) is 0 Å². The number of esters is 1. The van der Waals surface area contributed by atoms with Crippen LogP contribution in [0.5, 0.6) is 0 Å². The third-order valence-electron chi connectivity index (χ3n) is 3.50. The van der Waals surface area contributed by atoms with Crippen LogP contribution in [0.1, 0.15) is 31.2 Å². The molecule has 98 valence electrons. The highest BCUT2D eigenvalue weighted by atomic mass is 19.1. The van der Waals surface area contributed by atoms with E-state index in [2.05, 4.69) is 10.1 Å². The predicted molar refractivity (Wildman–Crippen MR) is 66.8 cm³/mol. The first-order chi connectivity index (χ1) is 8.60. The van der Waals surface area contributed by atoms with Gasteiger partial charge in [0, 0.05) is 6.04 Å². The molecule has 1 aromatic carbocycles. The van der Waals surface area contributed by atoms with Gasteiger partial charge in [0.15, 0.2) is 0 Å². The molecule has 0 amide bonds. The van der Waals surface area contributed by atoms with E-state index in [0.29, 0.717) is 12.0 Å². The lowest BCUT2D eigenvalue weighted by atomic mass is 9.75. The van der Waals surface area contributed by atoms with Crippen molar-refractivity contribution in [3.8, 4) is 0 Å². The first-order valence-electron chi connectivity index (χ1n) is 6.19. The standard InChI is InChI=1S/C14H18FNO2/c1-9(14(17)18-2)16-13-7-11(8-13)10-4-3-5-12(15)6-10/h3-6,9,11,13,16H,7-8H2,1-2H3. The maximum absolute atomic E-state index is 13.1. The number of hydrogen-bond donors (Lipinski definition) is 1. The maximum atomic E-state index is 13.1. The smallest absolute Gasteiger partial charge is 0.322 e. The minimum atomic E-state index is -0.284. The highest BCUT2D eigenvalue weighted by Gasteiger charge is 2.32. The summed E-state index contributed by atoms with van der Waals surface area (Å²) in [6, 6.07) is 6.76. The van der Waals surface area contributed by atoms with Gasteiger partial charge in [0.25, 0.3) is 0 Å². The molecule has 0 bridgehead atoms. The van der Waals surface area contributed by atoms with E-state index in [-0.39, 0.29) is 17.8 Å². The molecule has 1 N–H and O–H groups in total. The molecule has 3 nitrogen and oxygen atoms in total. The number of methoxy groups -OCH3 is 1. The Bertz CT molecular complexity index is 430. The molecule has 1 saturated carbocycles. The van der Waals surface area contributed by atoms with Crippen LogP contribution in [0.3, 0.4) is 0 Å². The van der Waals surface area contributed by atoms with Gasteiger partial charge in [-0.1, -0.05) is 12.1 Å². The summed E-state index contributed by atoms with van der Waals surface area (Å²) in [5.41, 5.74) is 1.04. The van der Waals surface area contributed by atoms with Crippen molar-refractivity contribution in [1.29, 1.82) is 0 Å². The monoisotopic (exact) mass is 251 g/mol. The zero-order valence-corrected chi connectivity index (χ0v) is 10.7. The summed E-state index contributed by atoms with van der Waals surface area (Å²) in [5.74, 6) is -0.0425. The molecular formula is C14H18FNO2. The molecular weight excluding hydrogens is 233 g/mol. The molecule has 18 heavy (non-hydrogen) atoms. The molecule has 2 rings (SSSR count). The van der Waals surface area contributed by atoms with Crippen LogP contribution in [0.25, 0.3) is 0 Å². The molecule has 4 heteroatoms. The number of carbonyl (C=O) groups is 1. The van der Waals surface area contributed by atoms with Gasteiger partial charge in [-0.15, -0.1) is 0 Å². The Morgan fingerprint density at radius 1 is 1.50 bits per heavy atom. The van der Waals surface area contributed by atoms with Crippen molar-refractivity contribution < 1.29 is 13.9 Å². The van der Waals surface area contributed by atoms with Crippen molar-refractivity contribution in [2.75, 3.05) is 7.11 Å². The Hall–Kier alpha value is -1.42. The van der Waals surface area contributed by atoms with E-state index < -0.39 is 0 Å². The van der Waals surface area contributed by atoms with Gasteiger partial charge in [0.05, 0.1) is 7.11 Å². The third kappa shape index (κ3) is 2.88. The van der Waals surface area contributed by atoms with Crippen LogP contribution < -0.4 is 5.32 Å². The lowest BCUT2D eigenvalue weighted by Crippen LogP contribution is -2.47. The van der Waals surface area contributed by atoms with Gasteiger partial charge in [-0.3, -0.25) is 4.79 Å². The van der Waals surface area contributed by atoms with Crippen LogP contribution in [-0.4, -0.2) is 25.2 Å². The summed E-state index contributed by atoms with van der Waals surface area (Å²) in [4.78, 5) is 11.2. The summed E-state index contributed by atoms with van der Waals surface area (Å²) in [7, 11) is 1.39. The summed E-state index contributed by atoms with van der Waals surface area (Å²) in [6.07, 6.45) is 1.87. The van der Waals surface area contributed by atoms with Crippen LogP contribution >= 0.6 is 0 Å². The number of halogens is 1. The number of hydrogen-bond acceptors (Lipinski definition) is 3. The third-order valence-corrected chi connectivity index (χ3v) is 3.50. The molecule has 0 heterocycles. The van der Waals surface area contributed by atoms with E-state index in [0.717, 1.165) is 18.4 Å². The lowest BCUT2D eigenvalue weighted by molar-refractivity contribution is -0.143. The Morgan fingerprint density at radius 2 is 2.22 bits per heavy atom. The van der Waals surface area contributed by atoms with Gasteiger partial charge >= 0.3 is 5.97 Å². The normalized spacial score (nSPS) is 24.2. The first kappa shape index (κ1) is 13.0. The van der Waals surface area contributed by atoms with Gasteiger partial charge in [-0.2, -0.15) is 0 Å². The Labute approximate surface area is 106 Å². The van der Waals surface area contributed by atoms with Gasteiger partial charge in [-0.25, -0.2) is 4.39 Å². The van der Waals surface area contributed by atoms with E-state index in [9.17, 15) is 9.18 Å². The fraction of sp³-hybridized carbons (Fsp3) is 0.500. The first-order valence-corrected chi connectivity index (χ1v) is 6.19. The van der Waals surface area contributed by atoms with E-state index in [1.165, 1.54) is 13.2 Å². The van der Waals surface area contributed by atoms with Gasteiger partial charge in [0.1, 0.15) is 11.9 Å². The van der Waals surface area contributed by atoms with Gasteiger partial charge < -0.3 is 10.1 Å². The van der Waals surface area contributed by atoms with Crippen molar-refractivity contribution >= 4 is 5.97 Å².